The van der Waals surface area contributed by atoms with Gasteiger partial charge >= 0.3 is 0 Å². The van der Waals surface area contributed by atoms with E-state index in [2.05, 4.69) is 18.3 Å². The van der Waals surface area contributed by atoms with E-state index in [1.165, 1.54) is 5.56 Å². The van der Waals surface area contributed by atoms with Crippen LogP contribution in [0.5, 0.6) is 0 Å². The van der Waals surface area contributed by atoms with Crippen molar-refractivity contribution in [2.24, 2.45) is 0 Å². The zero-order valence-corrected chi connectivity index (χ0v) is 12.1. The number of anilines is 1. The van der Waals surface area contributed by atoms with Crippen molar-refractivity contribution in [3.05, 3.63) is 65.7 Å². The predicted octanol–water partition coefficient (Wildman–Crippen LogP) is 4.38. The quantitative estimate of drug-likeness (QED) is 0.855. The minimum Gasteiger partial charge on any atom is -0.325 e. The number of rotatable bonds is 5. The molecule has 0 fully saturated rings. The van der Waals surface area contributed by atoms with Gasteiger partial charge in [-0.3, -0.25) is 4.79 Å². The molecule has 2 heteroatoms. The fraction of sp³-hybridized carbons (Fsp3) is 0.278. The number of hydrogen-bond donors (Lipinski definition) is 1. The molecule has 0 spiro atoms. The van der Waals surface area contributed by atoms with Crippen LogP contribution in [0.15, 0.2) is 54.6 Å². The zero-order chi connectivity index (χ0) is 14.4. The average Bonchev–Trinajstić information content (AvgIpc) is 2.49. The van der Waals surface area contributed by atoms with Gasteiger partial charge in [0.25, 0.3) is 0 Å². The van der Waals surface area contributed by atoms with Crippen molar-refractivity contribution in [1.29, 1.82) is 0 Å². The minimum absolute atomic E-state index is 0.0691. The summed E-state index contributed by atoms with van der Waals surface area (Å²) in [7, 11) is 0. The Morgan fingerprint density at radius 1 is 1.00 bits per heavy atom. The molecule has 2 aromatic carbocycles. The zero-order valence-electron chi connectivity index (χ0n) is 12.1. The summed E-state index contributed by atoms with van der Waals surface area (Å²) < 4.78 is 0. The smallest absolute Gasteiger partial charge is 0.231 e. The van der Waals surface area contributed by atoms with Gasteiger partial charge in [-0.25, -0.2) is 0 Å². The van der Waals surface area contributed by atoms with Gasteiger partial charge < -0.3 is 5.32 Å². The van der Waals surface area contributed by atoms with Gasteiger partial charge in [0.2, 0.25) is 5.91 Å². The first-order chi connectivity index (χ1) is 9.76. The SMILES string of the molecule is CCc1ccccc1NC(=O)[C@H](CC)c1ccccc1. The molecule has 0 unspecified atom stereocenters. The Morgan fingerprint density at radius 3 is 2.30 bits per heavy atom. The van der Waals surface area contributed by atoms with E-state index in [0.717, 1.165) is 24.1 Å². The number of carbonyl (C=O) groups is 1. The Morgan fingerprint density at radius 2 is 1.65 bits per heavy atom. The van der Waals surface area contributed by atoms with Gasteiger partial charge in [-0.1, -0.05) is 62.4 Å². The molecule has 0 aliphatic carbocycles. The summed E-state index contributed by atoms with van der Waals surface area (Å²) in [5.41, 5.74) is 3.17. The van der Waals surface area contributed by atoms with Crippen LogP contribution in [0.25, 0.3) is 0 Å². The number of hydrogen-bond acceptors (Lipinski definition) is 1. The summed E-state index contributed by atoms with van der Waals surface area (Å²) >= 11 is 0. The summed E-state index contributed by atoms with van der Waals surface area (Å²) in [6, 6.07) is 17.9. The molecular formula is C18H21NO. The largest absolute Gasteiger partial charge is 0.325 e. The minimum atomic E-state index is -0.0962. The molecule has 104 valence electrons. The van der Waals surface area contributed by atoms with Crippen LogP contribution in [0.1, 0.15) is 37.3 Å². The summed E-state index contributed by atoms with van der Waals surface area (Å²) in [6.07, 6.45) is 1.71. The van der Waals surface area contributed by atoms with E-state index in [1.54, 1.807) is 0 Å². The Labute approximate surface area is 120 Å². The molecule has 1 N–H and O–H groups in total. The second-order valence-corrected chi connectivity index (χ2v) is 4.87. The van der Waals surface area contributed by atoms with Crippen LogP contribution in [-0.4, -0.2) is 5.91 Å². The van der Waals surface area contributed by atoms with Crippen molar-refractivity contribution < 1.29 is 4.79 Å². The van der Waals surface area contributed by atoms with Gasteiger partial charge in [-0.2, -0.15) is 0 Å². The lowest BCUT2D eigenvalue weighted by molar-refractivity contribution is -0.117. The normalized spacial score (nSPS) is 11.9. The molecule has 0 aliphatic heterocycles. The van der Waals surface area contributed by atoms with Gasteiger partial charge in [0.1, 0.15) is 0 Å². The van der Waals surface area contributed by atoms with E-state index in [9.17, 15) is 4.79 Å². The maximum absolute atomic E-state index is 12.5. The first-order valence-electron chi connectivity index (χ1n) is 7.20. The average molecular weight is 267 g/mol. The molecule has 0 aromatic heterocycles. The van der Waals surface area contributed by atoms with Gasteiger partial charge in [-0.15, -0.1) is 0 Å². The lowest BCUT2D eigenvalue weighted by Crippen LogP contribution is -2.21. The summed E-state index contributed by atoms with van der Waals surface area (Å²) in [6.45, 7) is 4.14. The van der Waals surface area contributed by atoms with E-state index >= 15 is 0 Å². The first kappa shape index (κ1) is 14.3. The monoisotopic (exact) mass is 267 g/mol. The first-order valence-corrected chi connectivity index (χ1v) is 7.20. The van der Waals surface area contributed by atoms with E-state index in [1.807, 2.05) is 55.5 Å². The lowest BCUT2D eigenvalue weighted by atomic mass is 9.95. The van der Waals surface area contributed by atoms with E-state index in [4.69, 9.17) is 0 Å². The predicted molar refractivity (Wildman–Crippen MR) is 83.9 cm³/mol. The number of carbonyl (C=O) groups excluding carboxylic acids is 1. The highest BCUT2D eigenvalue weighted by molar-refractivity contribution is 5.96. The molecule has 20 heavy (non-hydrogen) atoms. The number of para-hydroxylation sites is 1. The Balaban J connectivity index is 2.18. The van der Waals surface area contributed by atoms with Crippen LogP contribution in [0.3, 0.4) is 0 Å². The topological polar surface area (TPSA) is 29.1 Å². The summed E-state index contributed by atoms with van der Waals surface area (Å²) in [5, 5.41) is 3.07. The molecule has 0 heterocycles. The van der Waals surface area contributed by atoms with Crippen LogP contribution >= 0.6 is 0 Å². The van der Waals surface area contributed by atoms with Gasteiger partial charge in [0.05, 0.1) is 5.92 Å². The second kappa shape index (κ2) is 6.90. The van der Waals surface area contributed by atoms with Crippen LogP contribution in [-0.2, 0) is 11.2 Å². The molecule has 2 nitrogen and oxygen atoms in total. The lowest BCUT2D eigenvalue weighted by Gasteiger charge is -2.17. The van der Waals surface area contributed by atoms with Crippen molar-refractivity contribution in [2.75, 3.05) is 5.32 Å². The second-order valence-electron chi connectivity index (χ2n) is 4.87. The van der Waals surface area contributed by atoms with E-state index in [0.29, 0.717) is 0 Å². The highest BCUT2D eigenvalue weighted by Gasteiger charge is 2.18. The molecule has 0 saturated heterocycles. The third kappa shape index (κ3) is 3.27. The standard InChI is InChI=1S/C18H21NO/c1-3-14-10-8-9-13-17(14)19-18(20)16(4-2)15-11-6-5-7-12-15/h5-13,16H,3-4H2,1-2H3,(H,19,20)/t16-/m1/s1. The molecule has 0 bridgehead atoms. The number of amides is 1. The Hall–Kier alpha value is -2.09. The maximum Gasteiger partial charge on any atom is 0.231 e. The third-order valence-corrected chi connectivity index (χ3v) is 3.58. The van der Waals surface area contributed by atoms with Crippen molar-refractivity contribution in [1.82, 2.24) is 0 Å². The maximum atomic E-state index is 12.5. The van der Waals surface area contributed by atoms with Crippen molar-refractivity contribution in [3.63, 3.8) is 0 Å². The van der Waals surface area contributed by atoms with Gasteiger partial charge in [0.15, 0.2) is 0 Å². The van der Waals surface area contributed by atoms with Gasteiger partial charge in [-0.05, 0) is 30.0 Å². The molecule has 0 radical (unpaired) electrons. The molecular weight excluding hydrogens is 246 g/mol. The number of aryl methyl sites for hydroxylation is 1. The summed E-state index contributed by atoms with van der Waals surface area (Å²) in [4.78, 5) is 12.5. The molecule has 2 rings (SSSR count). The number of nitrogens with one attached hydrogen (secondary N) is 1. The van der Waals surface area contributed by atoms with Crippen molar-refractivity contribution >= 4 is 11.6 Å². The van der Waals surface area contributed by atoms with Crippen LogP contribution in [0.4, 0.5) is 5.69 Å². The van der Waals surface area contributed by atoms with Crippen LogP contribution < -0.4 is 5.32 Å². The van der Waals surface area contributed by atoms with Crippen molar-refractivity contribution in [2.45, 2.75) is 32.6 Å². The summed E-state index contributed by atoms with van der Waals surface area (Å²) in [5.74, 6) is -0.0271. The Bertz CT molecular complexity index is 563. The molecule has 2 aromatic rings. The Kier molecular flexibility index (Phi) is 4.94. The fourth-order valence-electron chi connectivity index (χ4n) is 2.43. The highest BCUT2D eigenvalue weighted by atomic mass is 16.1. The third-order valence-electron chi connectivity index (χ3n) is 3.58. The fourth-order valence-corrected chi connectivity index (χ4v) is 2.43. The van der Waals surface area contributed by atoms with E-state index in [-0.39, 0.29) is 11.8 Å². The molecule has 1 amide bonds. The van der Waals surface area contributed by atoms with Gasteiger partial charge in [0, 0.05) is 5.69 Å². The number of benzene rings is 2. The molecule has 0 saturated carbocycles. The van der Waals surface area contributed by atoms with Crippen LogP contribution in [0.2, 0.25) is 0 Å². The van der Waals surface area contributed by atoms with Crippen molar-refractivity contribution in [3.8, 4) is 0 Å². The molecule has 1 atom stereocenters. The van der Waals surface area contributed by atoms with Crippen LogP contribution in [0, 0.1) is 0 Å². The highest BCUT2D eigenvalue weighted by Crippen LogP contribution is 2.23. The van der Waals surface area contributed by atoms with E-state index < -0.39 is 0 Å². The molecule has 0 aliphatic rings.